The average Bonchev–Trinajstić information content (AvgIpc) is 2.46. The molecule has 0 amide bonds. The molecule has 0 unspecified atom stereocenters. The highest BCUT2D eigenvalue weighted by Crippen LogP contribution is 2.21. The lowest BCUT2D eigenvalue weighted by molar-refractivity contribution is 0.842. The van der Waals surface area contributed by atoms with E-state index in [1.54, 1.807) is 6.20 Å². The maximum atomic E-state index is 12.0. The van der Waals surface area contributed by atoms with E-state index >= 15 is 0 Å². The minimum atomic E-state index is -0.308. The van der Waals surface area contributed by atoms with E-state index in [2.05, 4.69) is 9.97 Å². The molecular formula is C15H12ClN3OS. The van der Waals surface area contributed by atoms with Crippen LogP contribution in [0.15, 0.2) is 52.5 Å². The molecule has 0 saturated carbocycles. The molecule has 3 aromatic rings. The van der Waals surface area contributed by atoms with Gasteiger partial charge in [0.15, 0.2) is 5.16 Å². The number of hydrogen-bond acceptors (Lipinski definition) is 4. The van der Waals surface area contributed by atoms with Crippen LogP contribution in [0.5, 0.6) is 0 Å². The van der Waals surface area contributed by atoms with Gasteiger partial charge in [-0.3, -0.25) is 4.40 Å². The van der Waals surface area contributed by atoms with Crippen molar-refractivity contribution in [2.75, 3.05) is 0 Å². The van der Waals surface area contributed by atoms with Crippen molar-refractivity contribution in [1.29, 1.82) is 0 Å². The summed E-state index contributed by atoms with van der Waals surface area (Å²) in [6.45, 7) is 1.92. The summed E-state index contributed by atoms with van der Waals surface area (Å²) in [4.78, 5) is 20.5. The second kappa shape index (κ2) is 5.87. The summed E-state index contributed by atoms with van der Waals surface area (Å²) in [5.41, 5.74) is 2.35. The van der Waals surface area contributed by atoms with Crippen LogP contribution >= 0.6 is 23.4 Å². The van der Waals surface area contributed by atoms with Gasteiger partial charge in [-0.2, -0.15) is 4.98 Å². The molecule has 0 bridgehead atoms. The van der Waals surface area contributed by atoms with Gasteiger partial charge in [0.05, 0.1) is 0 Å². The quantitative estimate of drug-likeness (QED) is 0.695. The first-order valence-electron chi connectivity index (χ1n) is 6.37. The maximum Gasteiger partial charge on any atom is 0.355 e. The number of benzene rings is 1. The van der Waals surface area contributed by atoms with Gasteiger partial charge in [0.25, 0.3) is 0 Å². The van der Waals surface area contributed by atoms with Gasteiger partial charge in [-0.1, -0.05) is 41.6 Å². The van der Waals surface area contributed by atoms with Crippen molar-refractivity contribution < 1.29 is 0 Å². The molecule has 1 aromatic carbocycles. The third kappa shape index (κ3) is 3.09. The lowest BCUT2D eigenvalue weighted by Gasteiger charge is -2.05. The first kappa shape index (κ1) is 14.1. The Morgan fingerprint density at radius 1 is 1.24 bits per heavy atom. The normalized spacial score (nSPS) is 11.0. The Hall–Kier alpha value is -1.85. The van der Waals surface area contributed by atoms with Crippen molar-refractivity contribution in [3.05, 3.63) is 69.2 Å². The molecule has 0 atom stereocenters. The number of aromatic nitrogens is 3. The van der Waals surface area contributed by atoms with Crippen molar-refractivity contribution >= 4 is 29.0 Å². The molecule has 0 aliphatic heterocycles. The number of thioether (sulfide) groups is 1. The summed E-state index contributed by atoms with van der Waals surface area (Å²) < 4.78 is 1.46. The molecule has 4 nitrogen and oxygen atoms in total. The number of hydrogen-bond donors (Lipinski definition) is 0. The van der Waals surface area contributed by atoms with Gasteiger partial charge in [0.1, 0.15) is 5.65 Å². The fourth-order valence-electron chi connectivity index (χ4n) is 2.00. The van der Waals surface area contributed by atoms with E-state index < -0.39 is 0 Å². The van der Waals surface area contributed by atoms with Crippen molar-refractivity contribution in [3.63, 3.8) is 0 Å². The molecule has 106 valence electrons. The van der Waals surface area contributed by atoms with Crippen molar-refractivity contribution in [2.45, 2.75) is 17.8 Å². The molecule has 6 heteroatoms. The van der Waals surface area contributed by atoms with Crippen molar-refractivity contribution in [1.82, 2.24) is 14.4 Å². The summed E-state index contributed by atoms with van der Waals surface area (Å²) in [6, 6.07) is 11.3. The summed E-state index contributed by atoms with van der Waals surface area (Å²) in [5.74, 6) is 0.669. The third-order valence-corrected chi connectivity index (χ3v) is 4.17. The average molecular weight is 318 g/mol. The van der Waals surface area contributed by atoms with E-state index in [1.165, 1.54) is 16.2 Å². The van der Waals surface area contributed by atoms with Gasteiger partial charge >= 0.3 is 5.69 Å². The first-order valence-corrected chi connectivity index (χ1v) is 7.73. The summed E-state index contributed by atoms with van der Waals surface area (Å²) in [7, 11) is 0. The molecule has 0 spiro atoms. The molecule has 3 rings (SSSR count). The van der Waals surface area contributed by atoms with Crippen molar-refractivity contribution in [2.24, 2.45) is 0 Å². The van der Waals surface area contributed by atoms with Gasteiger partial charge in [-0.15, -0.1) is 0 Å². The number of rotatable bonds is 3. The second-order valence-corrected chi connectivity index (χ2v) is 5.97. The molecule has 2 aromatic heterocycles. The smallest absolute Gasteiger partial charge is 0.251 e. The molecule has 0 fully saturated rings. The highest BCUT2D eigenvalue weighted by Gasteiger charge is 2.06. The van der Waals surface area contributed by atoms with Gasteiger partial charge in [0, 0.05) is 17.0 Å². The zero-order valence-electron chi connectivity index (χ0n) is 11.3. The number of aryl methyl sites for hydroxylation is 1. The predicted molar refractivity (Wildman–Crippen MR) is 85.0 cm³/mol. The van der Waals surface area contributed by atoms with Crippen LogP contribution in [-0.4, -0.2) is 14.4 Å². The SMILES string of the molecule is Cc1cccn2c(=O)nc(SCc3cccc(Cl)c3)nc12. The zero-order chi connectivity index (χ0) is 14.8. The van der Waals surface area contributed by atoms with Crippen LogP contribution < -0.4 is 5.69 Å². The highest BCUT2D eigenvalue weighted by atomic mass is 35.5. The summed E-state index contributed by atoms with van der Waals surface area (Å²) >= 11 is 7.38. The van der Waals surface area contributed by atoms with E-state index in [0.29, 0.717) is 21.6 Å². The second-order valence-electron chi connectivity index (χ2n) is 4.59. The van der Waals surface area contributed by atoms with Crippen molar-refractivity contribution in [3.8, 4) is 0 Å². The number of pyridine rings is 1. The van der Waals surface area contributed by atoms with Crippen LogP contribution in [0.4, 0.5) is 0 Å². The number of fused-ring (bicyclic) bond motifs is 1. The maximum absolute atomic E-state index is 12.0. The Kier molecular flexibility index (Phi) is 3.94. The highest BCUT2D eigenvalue weighted by molar-refractivity contribution is 7.98. The lowest BCUT2D eigenvalue weighted by atomic mass is 10.2. The standard InChI is InChI=1S/C15H12ClN3OS/c1-10-4-3-7-19-13(10)17-14(18-15(19)20)21-9-11-5-2-6-12(16)8-11/h2-8H,9H2,1H3. The summed E-state index contributed by atoms with van der Waals surface area (Å²) in [5, 5.41) is 1.18. The Bertz CT molecular complexity index is 863. The molecular weight excluding hydrogens is 306 g/mol. The van der Waals surface area contributed by atoms with E-state index in [0.717, 1.165) is 11.1 Å². The first-order chi connectivity index (χ1) is 10.1. The molecule has 0 radical (unpaired) electrons. The van der Waals surface area contributed by atoms with Crippen LogP contribution in [0.1, 0.15) is 11.1 Å². The molecule has 0 aliphatic carbocycles. The zero-order valence-corrected chi connectivity index (χ0v) is 12.9. The minimum absolute atomic E-state index is 0.308. The predicted octanol–water partition coefficient (Wildman–Crippen LogP) is 3.34. The van der Waals surface area contributed by atoms with E-state index in [1.807, 2.05) is 43.3 Å². The van der Waals surface area contributed by atoms with Crippen LogP contribution in [0.2, 0.25) is 5.02 Å². The number of nitrogens with zero attached hydrogens (tertiary/aromatic N) is 3. The fourth-order valence-corrected chi connectivity index (χ4v) is 2.98. The molecule has 0 aliphatic rings. The Labute approximate surface area is 130 Å². The largest absolute Gasteiger partial charge is 0.355 e. The van der Waals surface area contributed by atoms with E-state index in [9.17, 15) is 4.79 Å². The van der Waals surface area contributed by atoms with E-state index in [4.69, 9.17) is 11.6 Å². The third-order valence-electron chi connectivity index (χ3n) is 3.02. The topological polar surface area (TPSA) is 47.3 Å². The van der Waals surface area contributed by atoms with Crippen LogP contribution in [0.3, 0.4) is 0 Å². The van der Waals surface area contributed by atoms with Crippen LogP contribution in [0, 0.1) is 6.92 Å². The van der Waals surface area contributed by atoms with Crippen LogP contribution in [-0.2, 0) is 5.75 Å². The number of halogens is 1. The molecule has 0 saturated heterocycles. The van der Waals surface area contributed by atoms with Gasteiger partial charge in [0.2, 0.25) is 0 Å². The Balaban J connectivity index is 1.91. The lowest BCUT2D eigenvalue weighted by Crippen LogP contribution is -2.19. The minimum Gasteiger partial charge on any atom is -0.251 e. The fraction of sp³-hybridized carbons (Fsp3) is 0.133. The molecule has 21 heavy (non-hydrogen) atoms. The summed E-state index contributed by atoms with van der Waals surface area (Å²) in [6.07, 6.45) is 1.68. The monoisotopic (exact) mass is 317 g/mol. The van der Waals surface area contributed by atoms with Gasteiger partial charge < -0.3 is 0 Å². The Morgan fingerprint density at radius 3 is 2.90 bits per heavy atom. The molecule has 2 heterocycles. The molecule has 0 N–H and O–H groups in total. The van der Waals surface area contributed by atoms with Gasteiger partial charge in [-0.25, -0.2) is 9.78 Å². The van der Waals surface area contributed by atoms with Crippen LogP contribution in [0.25, 0.3) is 5.65 Å². The van der Waals surface area contributed by atoms with Gasteiger partial charge in [-0.05, 0) is 36.2 Å². The van der Waals surface area contributed by atoms with E-state index in [-0.39, 0.29) is 5.69 Å². The Morgan fingerprint density at radius 2 is 2.10 bits per heavy atom.